The van der Waals surface area contributed by atoms with E-state index < -0.39 is 0 Å². The van der Waals surface area contributed by atoms with Gasteiger partial charge in [0.15, 0.2) is 11.6 Å². The Morgan fingerprint density at radius 3 is 3.04 bits per heavy atom. The van der Waals surface area contributed by atoms with Crippen molar-refractivity contribution >= 4 is 5.91 Å². The number of rotatable bonds is 5. The lowest BCUT2D eigenvalue weighted by atomic mass is 10.2. The van der Waals surface area contributed by atoms with Crippen LogP contribution in [0.1, 0.15) is 47.6 Å². The van der Waals surface area contributed by atoms with E-state index >= 15 is 0 Å². The maximum Gasteiger partial charge on any atom is 0.258 e. The van der Waals surface area contributed by atoms with E-state index in [1.54, 1.807) is 17.1 Å². The second kappa shape index (κ2) is 6.12. The maximum absolute atomic E-state index is 12.1. The van der Waals surface area contributed by atoms with Crippen molar-refractivity contribution in [3.63, 3.8) is 0 Å². The van der Waals surface area contributed by atoms with Gasteiger partial charge in [0, 0.05) is 24.2 Å². The first-order chi connectivity index (χ1) is 12.2. The van der Waals surface area contributed by atoms with Crippen LogP contribution in [0.2, 0.25) is 0 Å². The monoisotopic (exact) mass is 338 g/mol. The molecule has 0 atom stereocenters. The normalized spacial score (nSPS) is 13.8. The van der Waals surface area contributed by atoms with Crippen molar-refractivity contribution in [2.24, 2.45) is 0 Å². The van der Waals surface area contributed by atoms with Crippen molar-refractivity contribution in [3.8, 4) is 17.3 Å². The molecule has 1 aliphatic rings. The third-order valence-electron chi connectivity index (χ3n) is 4.19. The molecule has 3 aromatic heterocycles. The van der Waals surface area contributed by atoms with Gasteiger partial charge in [0.05, 0.1) is 17.5 Å². The average Bonchev–Trinajstić information content (AvgIpc) is 3.22. The van der Waals surface area contributed by atoms with Gasteiger partial charge in [-0.3, -0.25) is 4.79 Å². The number of aromatic nitrogens is 5. The molecule has 0 aromatic carbocycles. The summed E-state index contributed by atoms with van der Waals surface area (Å²) in [5.41, 5.74) is 2.03. The molecule has 0 unspecified atom stereocenters. The molecule has 1 fully saturated rings. The minimum Gasteiger partial charge on any atom is -0.352 e. The van der Waals surface area contributed by atoms with Crippen LogP contribution in [0.3, 0.4) is 0 Å². The molecule has 1 saturated carbocycles. The summed E-state index contributed by atoms with van der Waals surface area (Å²) in [5, 5.41) is 11.1. The fourth-order valence-electron chi connectivity index (χ4n) is 2.65. The fraction of sp³-hybridized carbons (Fsp3) is 0.353. The van der Waals surface area contributed by atoms with Crippen LogP contribution in [0.25, 0.3) is 17.3 Å². The molecular formula is C17H18N6O2. The van der Waals surface area contributed by atoms with Gasteiger partial charge in [0.1, 0.15) is 0 Å². The molecule has 0 saturated heterocycles. The minimum atomic E-state index is -0.145. The zero-order chi connectivity index (χ0) is 17.4. The standard InChI is InChI=1S/C17H18N6O2/c1-3-18-16(24)13-9-20-23(10(13)2)14-8-12(6-7-19-14)17-21-15(22-25-17)11-4-5-11/h6-9,11H,3-5H2,1-2H3,(H,18,24). The lowest BCUT2D eigenvalue weighted by molar-refractivity contribution is 0.0955. The number of amides is 1. The Hall–Kier alpha value is -3.03. The summed E-state index contributed by atoms with van der Waals surface area (Å²) in [6.45, 7) is 4.28. The van der Waals surface area contributed by atoms with Crippen LogP contribution >= 0.6 is 0 Å². The fourth-order valence-corrected chi connectivity index (χ4v) is 2.65. The van der Waals surface area contributed by atoms with Crippen molar-refractivity contribution in [1.29, 1.82) is 0 Å². The summed E-state index contributed by atoms with van der Waals surface area (Å²) in [4.78, 5) is 20.9. The Morgan fingerprint density at radius 1 is 1.44 bits per heavy atom. The Bertz CT molecular complexity index is 925. The zero-order valence-corrected chi connectivity index (χ0v) is 14.1. The lowest BCUT2D eigenvalue weighted by Gasteiger charge is -2.05. The number of carbonyl (C=O) groups excluding carboxylic acids is 1. The van der Waals surface area contributed by atoms with E-state index in [0.29, 0.717) is 29.7 Å². The first-order valence-electron chi connectivity index (χ1n) is 8.30. The van der Waals surface area contributed by atoms with Gasteiger partial charge in [-0.05, 0) is 38.8 Å². The SMILES string of the molecule is CCNC(=O)c1cnn(-c2cc(-c3nc(C4CC4)no3)ccn2)c1C. The highest BCUT2D eigenvalue weighted by molar-refractivity contribution is 5.95. The smallest absolute Gasteiger partial charge is 0.258 e. The largest absolute Gasteiger partial charge is 0.352 e. The highest BCUT2D eigenvalue weighted by Crippen LogP contribution is 2.38. The molecule has 128 valence electrons. The van der Waals surface area contributed by atoms with Gasteiger partial charge in [-0.25, -0.2) is 9.67 Å². The summed E-state index contributed by atoms with van der Waals surface area (Å²) in [6.07, 6.45) is 5.45. The first kappa shape index (κ1) is 15.5. The van der Waals surface area contributed by atoms with E-state index in [2.05, 4.69) is 25.5 Å². The van der Waals surface area contributed by atoms with E-state index in [4.69, 9.17) is 4.52 Å². The van der Waals surface area contributed by atoms with E-state index in [-0.39, 0.29) is 5.91 Å². The summed E-state index contributed by atoms with van der Waals surface area (Å²) < 4.78 is 7.00. The molecule has 1 aliphatic carbocycles. The molecule has 8 heteroatoms. The number of carbonyl (C=O) groups is 1. The predicted molar refractivity (Wildman–Crippen MR) is 89.4 cm³/mol. The quantitative estimate of drug-likeness (QED) is 0.766. The highest BCUT2D eigenvalue weighted by atomic mass is 16.5. The molecular weight excluding hydrogens is 320 g/mol. The molecule has 0 radical (unpaired) electrons. The number of nitrogens with one attached hydrogen (secondary N) is 1. The molecule has 25 heavy (non-hydrogen) atoms. The summed E-state index contributed by atoms with van der Waals surface area (Å²) in [5.74, 6) is 2.12. The van der Waals surface area contributed by atoms with Gasteiger partial charge in [-0.15, -0.1) is 0 Å². The number of hydrogen-bond acceptors (Lipinski definition) is 6. The van der Waals surface area contributed by atoms with E-state index in [0.717, 1.165) is 29.9 Å². The predicted octanol–water partition coefficient (Wildman–Crippen LogP) is 2.25. The van der Waals surface area contributed by atoms with Gasteiger partial charge in [-0.2, -0.15) is 10.1 Å². The van der Waals surface area contributed by atoms with E-state index in [9.17, 15) is 4.79 Å². The molecule has 3 heterocycles. The Kier molecular flexibility index (Phi) is 3.79. The van der Waals surface area contributed by atoms with Crippen molar-refractivity contribution < 1.29 is 9.32 Å². The van der Waals surface area contributed by atoms with Crippen molar-refractivity contribution in [3.05, 3.63) is 41.6 Å². The molecule has 4 rings (SSSR count). The molecule has 1 amide bonds. The van der Waals surface area contributed by atoms with Crippen LogP contribution in [-0.2, 0) is 0 Å². The third-order valence-corrected chi connectivity index (χ3v) is 4.19. The molecule has 0 bridgehead atoms. The Morgan fingerprint density at radius 2 is 2.28 bits per heavy atom. The van der Waals surface area contributed by atoms with Gasteiger partial charge in [-0.1, -0.05) is 5.16 Å². The average molecular weight is 338 g/mol. The summed E-state index contributed by atoms with van der Waals surface area (Å²) in [6, 6.07) is 3.64. The Labute approximate surface area is 144 Å². The van der Waals surface area contributed by atoms with Crippen molar-refractivity contribution in [1.82, 2.24) is 30.2 Å². The zero-order valence-electron chi connectivity index (χ0n) is 14.1. The van der Waals surface area contributed by atoms with Gasteiger partial charge in [0.2, 0.25) is 0 Å². The summed E-state index contributed by atoms with van der Waals surface area (Å²) in [7, 11) is 0. The van der Waals surface area contributed by atoms with Crippen LogP contribution in [0.15, 0.2) is 29.0 Å². The molecule has 0 aliphatic heterocycles. The number of pyridine rings is 1. The van der Waals surface area contributed by atoms with Gasteiger partial charge < -0.3 is 9.84 Å². The van der Waals surface area contributed by atoms with E-state index in [1.165, 1.54) is 0 Å². The second-order valence-corrected chi connectivity index (χ2v) is 6.05. The van der Waals surface area contributed by atoms with Crippen molar-refractivity contribution in [2.45, 2.75) is 32.6 Å². The molecule has 3 aromatic rings. The molecule has 1 N–H and O–H groups in total. The van der Waals surface area contributed by atoms with Crippen LogP contribution in [0.5, 0.6) is 0 Å². The van der Waals surface area contributed by atoms with Crippen LogP contribution < -0.4 is 5.32 Å². The van der Waals surface area contributed by atoms with Gasteiger partial charge >= 0.3 is 0 Å². The van der Waals surface area contributed by atoms with Crippen molar-refractivity contribution in [2.75, 3.05) is 6.54 Å². The van der Waals surface area contributed by atoms with Gasteiger partial charge in [0.25, 0.3) is 11.8 Å². The second-order valence-electron chi connectivity index (χ2n) is 6.05. The first-order valence-corrected chi connectivity index (χ1v) is 8.30. The lowest BCUT2D eigenvalue weighted by Crippen LogP contribution is -2.23. The third kappa shape index (κ3) is 2.90. The minimum absolute atomic E-state index is 0.145. The van der Waals surface area contributed by atoms with Crippen LogP contribution in [0.4, 0.5) is 0 Å². The topological polar surface area (TPSA) is 98.7 Å². The van der Waals surface area contributed by atoms with Crippen LogP contribution in [0, 0.1) is 6.92 Å². The van der Waals surface area contributed by atoms with Crippen LogP contribution in [-0.4, -0.2) is 37.4 Å². The molecule has 0 spiro atoms. The number of nitrogens with zero attached hydrogens (tertiary/aromatic N) is 5. The maximum atomic E-state index is 12.1. The number of hydrogen-bond donors (Lipinski definition) is 1. The summed E-state index contributed by atoms with van der Waals surface area (Å²) >= 11 is 0. The van der Waals surface area contributed by atoms with E-state index in [1.807, 2.05) is 26.0 Å². The Balaban J connectivity index is 1.66. The highest BCUT2D eigenvalue weighted by Gasteiger charge is 2.29. The molecule has 8 nitrogen and oxygen atoms in total.